The Morgan fingerprint density at radius 3 is 2.44 bits per heavy atom. The Morgan fingerprint density at radius 1 is 1.44 bits per heavy atom. The second kappa shape index (κ2) is 4.09. The van der Waals surface area contributed by atoms with Crippen molar-refractivity contribution in [1.29, 1.82) is 0 Å². The lowest BCUT2D eigenvalue weighted by Crippen LogP contribution is -2.33. The number of carbonyl (C=O) groups is 1. The molecule has 0 aliphatic carbocycles. The van der Waals surface area contributed by atoms with E-state index in [4.69, 9.17) is 11.5 Å². The van der Waals surface area contributed by atoms with E-state index < -0.39 is 26.8 Å². The lowest BCUT2D eigenvalue weighted by molar-refractivity contribution is -0.117. The summed E-state index contributed by atoms with van der Waals surface area (Å²) < 4.78 is 36.5. The van der Waals surface area contributed by atoms with E-state index in [-0.39, 0.29) is 10.6 Å². The summed E-state index contributed by atoms with van der Waals surface area (Å²) in [5.74, 6) is -1.84. The maximum atomic E-state index is 13.1. The fourth-order valence-corrected chi connectivity index (χ4v) is 2.28. The van der Waals surface area contributed by atoms with Crippen LogP contribution in [0.4, 0.5) is 10.1 Å². The summed E-state index contributed by atoms with van der Waals surface area (Å²) in [5.41, 5.74) is 9.94. The third-order valence-corrected chi connectivity index (χ3v) is 4.24. The van der Waals surface area contributed by atoms with Crippen LogP contribution in [0.15, 0.2) is 23.1 Å². The van der Waals surface area contributed by atoms with Gasteiger partial charge in [0.1, 0.15) is 11.1 Å². The molecule has 1 aromatic rings. The average molecular weight is 246 g/mol. The molecule has 1 aromatic carbocycles. The fraction of sp³-hybridized carbons (Fsp3) is 0.222. The number of anilines is 1. The Bertz CT molecular complexity index is 528. The second-order valence-electron chi connectivity index (χ2n) is 3.27. The first-order valence-electron chi connectivity index (χ1n) is 4.35. The molecular formula is C9H11FN2O3S. The van der Waals surface area contributed by atoms with Crippen molar-refractivity contribution < 1.29 is 17.6 Å². The smallest absolute Gasteiger partial charge is 0.235 e. The van der Waals surface area contributed by atoms with Gasteiger partial charge in [0.15, 0.2) is 9.84 Å². The molecule has 0 aliphatic rings. The summed E-state index contributed by atoms with van der Waals surface area (Å²) in [6.07, 6.45) is 0. The molecule has 7 heteroatoms. The summed E-state index contributed by atoms with van der Waals surface area (Å²) in [7, 11) is -3.95. The Labute approximate surface area is 92.2 Å². The number of hydrogen-bond acceptors (Lipinski definition) is 4. The van der Waals surface area contributed by atoms with Crippen LogP contribution in [0.1, 0.15) is 6.92 Å². The fourth-order valence-electron chi connectivity index (χ4n) is 1.04. The number of nitrogens with two attached hydrogens (primary N) is 2. The van der Waals surface area contributed by atoms with Crippen molar-refractivity contribution in [3.63, 3.8) is 0 Å². The van der Waals surface area contributed by atoms with Crippen LogP contribution in [0.3, 0.4) is 0 Å². The molecule has 0 saturated heterocycles. The molecule has 88 valence electrons. The molecule has 1 atom stereocenters. The van der Waals surface area contributed by atoms with Crippen LogP contribution in [0.25, 0.3) is 0 Å². The van der Waals surface area contributed by atoms with E-state index in [1.807, 2.05) is 0 Å². The molecule has 4 N–H and O–H groups in total. The lowest BCUT2D eigenvalue weighted by Gasteiger charge is -2.09. The number of rotatable bonds is 3. The van der Waals surface area contributed by atoms with Gasteiger partial charge in [-0.25, -0.2) is 12.8 Å². The molecule has 0 radical (unpaired) electrons. The number of sulfone groups is 1. The van der Waals surface area contributed by atoms with Gasteiger partial charge in [-0.05, 0) is 25.1 Å². The molecule has 1 rings (SSSR count). The Kier molecular flexibility index (Phi) is 3.18. The average Bonchev–Trinajstić information content (AvgIpc) is 2.20. The largest absolute Gasteiger partial charge is 0.396 e. The molecule has 0 aliphatic heterocycles. The number of carbonyl (C=O) groups excluding carboxylic acids is 1. The summed E-state index contributed by atoms with van der Waals surface area (Å²) in [4.78, 5) is 10.5. The maximum absolute atomic E-state index is 13.1. The van der Waals surface area contributed by atoms with Gasteiger partial charge >= 0.3 is 0 Å². The van der Waals surface area contributed by atoms with Crippen molar-refractivity contribution in [2.45, 2.75) is 17.1 Å². The van der Waals surface area contributed by atoms with E-state index in [9.17, 15) is 17.6 Å². The Balaban J connectivity index is 3.28. The van der Waals surface area contributed by atoms with Gasteiger partial charge in [-0.2, -0.15) is 0 Å². The highest BCUT2D eigenvalue weighted by Gasteiger charge is 2.28. The normalized spacial score (nSPS) is 13.4. The first kappa shape index (κ1) is 12.4. The van der Waals surface area contributed by atoms with Gasteiger partial charge < -0.3 is 11.5 Å². The highest BCUT2D eigenvalue weighted by molar-refractivity contribution is 7.92. The summed E-state index contributed by atoms with van der Waals surface area (Å²) in [6, 6.07) is 3.02. The summed E-state index contributed by atoms with van der Waals surface area (Å²) in [5, 5.41) is -1.41. The maximum Gasteiger partial charge on any atom is 0.235 e. The number of halogens is 1. The minimum atomic E-state index is -3.95. The predicted molar refractivity (Wildman–Crippen MR) is 56.7 cm³/mol. The van der Waals surface area contributed by atoms with E-state index in [1.54, 1.807) is 0 Å². The van der Waals surface area contributed by atoms with Crippen molar-refractivity contribution >= 4 is 21.4 Å². The zero-order chi connectivity index (χ0) is 12.5. The molecule has 5 nitrogen and oxygen atoms in total. The first-order chi connectivity index (χ1) is 7.26. The van der Waals surface area contributed by atoms with E-state index in [0.717, 1.165) is 25.1 Å². The molecule has 0 heterocycles. The van der Waals surface area contributed by atoms with Crippen molar-refractivity contribution in [2.24, 2.45) is 5.73 Å². The lowest BCUT2D eigenvalue weighted by atomic mass is 10.3. The Hall–Kier alpha value is -1.63. The molecular weight excluding hydrogens is 235 g/mol. The van der Waals surface area contributed by atoms with E-state index >= 15 is 0 Å². The number of benzene rings is 1. The first-order valence-corrected chi connectivity index (χ1v) is 5.89. The molecule has 0 bridgehead atoms. The highest BCUT2D eigenvalue weighted by Crippen LogP contribution is 2.20. The molecule has 1 amide bonds. The van der Waals surface area contributed by atoms with Crippen LogP contribution < -0.4 is 11.5 Å². The van der Waals surface area contributed by atoms with Gasteiger partial charge in [-0.1, -0.05) is 0 Å². The van der Waals surface area contributed by atoms with Gasteiger partial charge in [-0.3, -0.25) is 4.79 Å². The molecule has 0 spiro atoms. The monoisotopic (exact) mass is 246 g/mol. The number of primary amides is 1. The van der Waals surface area contributed by atoms with Gasteiger partial charge in [0, 0.05) is 0 Å². The third-order valence-electron chi connectivity index (χ3n) is 2.17. The SMILES string of the molecule is CC(C(N)=O)S(=O)(=O)c1ccc(N)c(F)c1. The zero-order valence-corrected chi connectivity index (χ0v) is 9.29. The quantitative estimate of drug-likeness (QED) is 0.735. The van der Waals surface area contributed by atoms with E-state index in [0.29, 0.717) is 0 Å². The van der Waals surface area contributed by atoms with Crippen molar-refractivity contribution in [1.82, 2.24) is 0 Å². The van der Waals surface area contributed by atoms with Crippen LogP contribution in [0.5, 0.6) is 0 Å². The molecule has 0 aromatic heterocycles. The Morgan fingerprint density at radius 2 is 2.00 bits per heavy atom. The standard InChI is InChI=1S/C9H11FN2O3S/c1-5(9(12)13)16(14,15)6-2-3-8(11)7(10)4-6/h2-5H,11H2,1H3,(H2,12,13). The minimum Gasteiger partial charge on any atom is -0.396 e. The van der Waals surface area contributed by atoms with Crippen LogP contribution in [0.2, 0.25) is 0 Å². The zero-order valence-electron chi connectivity index (χ0n) is 8.48. The molecule has 1 unspecified atom stereocenters. The number of nitrogen functional groups attached to an aromatic ring is 1. The highest BCUT2D eigenvalue weighted by atomic mass is 32.2. The van der Waals surface area contributed by atoms with E-state index in [2.05, 4.69) is 0 Å². The topological polar surface area (TPSA) is 103 Å². The second-order valence-corrected chi connectivity index (χ2v) is 5.54. The molecule has 16 heavy (non-hydrogen) atoms. The van der Waals surface area contributed by atoms with Gasteiger partial charge in [-0.15, -0.1) is 0 Å². The van der Waals surface area contributed by atoms with Crippen molar-refractivity contribution in [2.75, 3.05) is 5.73 Å². The van der Waals surface area contributed by atoms with Crippen molar-refractivity contribution in [3.8, 4) is 0 Å². The third kappa shape index (κ3) is 2.13. The van der Waals surface area contributed by atoms with Crippen LogP contribution in [-0.2, 0) is 14.6 Å². The number of amides is 1. The molecule has 0 saturated carbocycles. The van der Waals surface area contributed by atoms with Gasteiger partial charge in [0.25, 0.3) is 0 Å². The predicted octanol–water partition coefficient (Wildman–Crippen LogP) is 0.0554. The van der Waals surface area contributed by atoms with E-state index in [1.165, 1.54) is 0 Å². The van der Waals surface area contributed by atoms with Crippen LogP contribution in [0, 0.1) is 5.82 Å². The van der Waals surface area contributed by atoms with Crippen molar-refractivity contribution in [3.05, 3.63) is 24.0 Å². The van der Waals surface area contributed by atoms with Crippen LogP contribution >= 0.6 is 0 Å². The minimum absolute atomic E-state index is 0.161. The summed E-state index contributed by atoms with van der Waals surface area (Å²) >= 11 is 0. The van der Waals surface area contributed by atoms with Gasteiger partial charge in [0.2, 0.25) is 5.91 Å². The van der Waals surface area contributed by atoms with Crippen LogP contribution in [-0.4, -0.2) is 19.6 Å². The number of hydrogen-bond donors (Lipinski definition) is 2. The summed E-state index contributed by atoms with van der Waals surface area (Å²) in [6.45, 7) is 1.14. The molecule has 0 fully saturated rings. The van der Waals surface area contributed by atoms with Gasteiger partial charge in [0.05, 0.1) is 10.6 Å².